The second-order valence-electron chi connectivity index (χ2n) is 6.46. The Morgan fingerprint density at radius 3 is 2.15 bits per heavy atom. The molecule has 1 aliphatic heterocycles. The lowest BCUT2D eigenvalue weighted by Gasteiger charge is -2.36. The van der Waals surface area contributed by atoms with Crippen LogP contribution in [-0.2, 0) is 0 Å². The number of aromatic nitrogens is 2. The van der Waals surface area contributed by atoms with Crippen molar-refractivity contribution in [3.05, 3.63) is 16.7 Å². The van der Waals surface area contributed by atoms with Crippen LogP contribution in [0.15, 0.2) is 16.7 Å². The van der Waals surface area contributed by atoms with Gasteiger partial charge in [0.2, 0.25) is 5.88 Å². The second-order valence-corrected chi connectivity index (χ2v) is 7.27. The molecule has 2 saturated carbocycles. The van der Waals surface area contributed by atoms with E-state index < -0.39 is 0 Å². The summed E-state index contributed by atoms with van der Waals surface area (Å²) in [6.07, 6.45) is 8.08. The molecule has 1 saturated heterocycles. The SMILES string of the molecule is Brc1ccc(OC2C[C@@H](C3CC3)N[C@@H](C3CC3)C2)nn1. The number of nitrogens with one attached hydrogen (secondary N) is 1. The van der Waals surface area contributed by atoms with Crippen molar-refractivity contribution in [1.29, 1.82) is 0 Å². The molecule has 4 nitrogen and oxygen atoms in total. The molecule has 0 bridgehead atoms. The molecule has 0 aromatic carbocycles. The van der Waals surface area contributed by atoms with Crippen LogP contribution in [0.1, 0.15) is 38.5 Å². The molecule has 4 rings (SSSR count). The molecule has 1 aromatic heterocycles. The first-order chi connectivity index (χ1) is 9.78. The maximum absolute atomic E-state index is 6.09. The van der Waals surface area contributed by atoms with E-state index in [1.54, 1.807) is 0 Å². The fourth-order valence-electron chi connectivity index (χ4n) is 3.36. The molecule has 108 valence electrons. The van der Waals surface area contributed by atoms with Gasteiger partial charge in [0.25, 0.3) is 0 Å². The van der Waals surface area contributed by atoms with Crippen LogP contribution >= 0.6 is 15.9 Å². The zero-order valence-corrected chi connectivity index (χ0v) is 13.1. The Bertz CT molecular complexity index is 453. The number of rotatable bonds is 4. The maximum atomic E-state index is 6.09. The van der Waals surface area contributed by atoms with E-state index >= 15 is 0 Å². The van der Waals surface area contributed by atoms with Gasteiger partial charge in [-0.3, -0.25) is 0 Å². The predicted octanol–water partition coefficient (Wildman–Crippen LogP) is 2.93. The molecule has 0 spiro atoms. The van der Waals surface area contributed by atoms with Crippen molar-refractivity contribution in [3.8, 4) is 5.88 Å². The first kappa shape index (κ1) is 13.0. The van der Waals surface area contributed by atoms with Crippen molar-refractivity contribution in [2.24, 2.45) is 11.8 Å². The van der Waals surface area contributed by atoms with E-state index in [1.165, 1.54) is 25.7 Å². The van der Waals surface area contributed by atoms with Crippen LogP contribution in [0.25, 0.3) is 0 Å². The van der Waals surface area contributed by atoms with Gasteiger partial charge in [0.1, 0.15) is 10.7 Å². The third kappa shape index (κ3) is 2.98. The Kier molecular flexibility index (Phi) is 3.42. The number of ether oxygens (including phenoxy) is 1. The molecule has 2 aliphatic carbocycles. The number of hydrogen-bond donors (Lipinski definition) is 1. The lowest BCUT2D eigenvalue weighted by molar-refractivity contribution is 0.0971. The van der Waals surface area contributed by atoms with Gasteiger partial charge in [-0.05, 0) is 72.4 Å². The van der Waals surface area contributed by atoms with Gasteiger partial charge in [-0.1, -0.05) is 0 Å². The van der Waals surface area contributed by atoms with Crippen LogP contribution in [0.2, 0.25) is 0 Å². The van der Waals surface area contributed by atoms with Crippen LogP contribution < -0.4 is 10.1 Å². The first-order valence-corrected chi connectivity index (χ1v) is 8.49. The minimum atomic E-state index is 0.294. The summed E-state index contributed by atoms with van der Waals surface area (Å²) in [5.74, 6) is 2.43. The Labute approximate surface area is 127 Å². The lowest BCUT2D eigenvalue weighted by Crippen LogP contribution is -2.51. The zero-order valence-electron chi connectivity index (χ0n) is 11.5. The van der Waals surface area contributed by atoms with Gasteiger partial charge in [-0.15, -0.1) is 10.2 Å². The minimum Gasteiger partial charge on any atom is -0.473 e. The average Bonchev–Trinajstić information content (AvgIpc) is 3.32. The van der Waals surface area contributed by atoms with E-state index in [4.69, 9.17) is 4.74 Å². The van der Waals surface area contributed by atoms with Gasteiger partial charge < -0.3 is 10.1 Å². The van der Waals surface area contributed by atoms with Crippen LogP contribution in [0.5, 0.6) is 5.88 Å². The molecule has 3 aliphatic rings. The van der Waals surface area contributed by atoms with Crippen LogP contribution in [0, 0.1) is 11.8 Å². The summed E-state index contributed by atoms with van der Waals surface area (Å²) < 4.78 is 6.84. The topological polar surface area (TPSA) is 47.0 Å². The number of piperidine rings is 1. The molecule has 3 fully saturated rings. The summed E-state index contributed by atoms with van der Waals surface area (Å²) >= 11 is 3.31. The molecule has 5 heteroatoms. The first-order valence-electron chi connectivity index (χ1n) is 7.70. The fraction of sp³-hybridized carbons (Fsp3) is 0.733. The standard InChI is InChI=1S/C15H20BrN3O/c16-14-5-6-15(19-18-14)20-11-7-12(9-1-2-9)17-13(8-11)10-3-4-10/h5-6,9-13,17H,1-4,7-8H2/t11?,12-,13+. The van der Waals surface area contributed by atoms with Crippen LogP contribution in [-0.4, -0.2) is 28.4 Å². The smallest absolute Gasteiger partial charge is 0.233 e. The van der Waals surface area contributed by atoms with Crippen molar-refractivity contribution >= 4 is 15.9 Å². The van der Waals surface area contributed by atoms with Crippen molar-refractivity contribution in [2.45, 2.75) is 56.7 Å². The van der Waals surface area contributed by atoms with Gasteiger partial charge in [-0.25, -0.2) is 0 Å². The highest BCUT2D eigenvalue weighted by Gasteiger charge is 2.43. The Balaban J connectivity index is 1.43. The Morgan fingerprint density at radius 2 is 1.65 bits per heavy atom. The molecule has 2 heterocycles. The molecule has 0 amide bonds. The second kappa shape index (κ2) is 5.26. The molecule has 1 unspecified atom stereocenters. The number of halogens is 1. The van der Waals surface area contributed by atoms with E-state index in [0.29, 0.717) is 24.1 Å². The van der Waals surface area contributed by atoms with E-state index in [1.807, 2.05) is 12.1 Å². The highest BCUT2D eigenvalue weighted by Crippen LogP contribution is 2.42. The van der Waals surface area contributed by atoms with E-state index in [0.717, 1.165) is 29.3 Å². The number of hydrogen-bond acceptors (Lipinski definition) is 4. The predicted molar refractivity (Wildman–Crippen MR) is 79.5 cm³/mol. The monoisotopic (exact) mass is 337 g/mol. The van der Waals surface area contributed by atoms with Gasteiger partial charge in [0, 0.05) is 18.2 Å². The highest BCUT2D eigenvalue weighted by molar-refractivity contribution is 9.10. The molecule has 20 heavy (non-hydrogen) atoms. The molecular formula is C15H20BrN3O. The van der Waals surface area contributed by atoms with E-state index in [9.17, 15) is 0 Å². The largest absolute Gasteiger partial charge is 0.473 e. The Hall–Kier alpha value is -0.680. The Morgan fingerprint density at radius 1 is 1.00 bits per heavy atom. The van der Waals surface area contributed by atoms with Crippen molar-refractivity contribution in [1.82, 2.24) is 15.5 Å². The summed E-state index contributed by atoms with van der Waals surface area (Å²) in [4.78, 5) is 0. The summed E-state index contributed by atoms with van der Waals surface area (Å²) in [5.41, 5.74) is 0. The maximum Gasteiger partial charge on any atom is 0.233 e. The molecular weight excluding hydrogens is 318 g/mol. The van der Waals surface area contributed by atoms with Gasteiger partial charge in [0.05, 0.1) is 0 Å². The van der Waals surface area contributed by atoms with Crippen molar-refractivity contribution in [3.63, 3.8) is 0 Å². The molecule has 1 aromatic rings. The summed E-state index contributed by atoms with van der Waals surface area (Å²) in [6.45, 7) is 0. The summed E-state index contributed by atoms with van der Waals surface area (Å²) in [7, 11) is 0. The van der Waals surface area contributed by atoms with Crippen molar-refractivity contribution < 1.29 is 4.74 Å². The average molecular weight is 338 g/mol. The number of nitrogens with zero attached hydrogens (tertiary/aromatic N) is 2. The van der Waals surface area contributed by atoms with E-state index in [-0.39, 0.29) is 0 Å². The zero-order chi connectivity index (χ0) is 13.5. The molecule has 3 atom stereocenters. The van der Waals surface area contributed by atoms with E-state index in [2.05, 4.69) is 31.4 Å². The molecule has 1 N–H and O–H groups in total. The quantitative estimate of drug-likeness (QED) is 0.917. The third-order valence-electron chi connectivity index (χ3n) is 4.74. The summed E-state index contributed by atoms with van der Waals surface area (Å²) in [5, 5.41) is 12.0. The molecule has 0 radical (unpaired) electrons. The minimum absolute atomic E-state index is 0.294. The highest BCUT2D eigenvalue weighted by atomic mass is 79.9. The lowest BCUT2D eigenvalue weighted by atomic mass is 9.90. The van der Waals surface area contributed by atoms with Gasteiger partial charge >= 0.3 is 0 Å². The van der Waals surface area contributed by atoms with Gasteiger partial charge in [-0.2, -0.15) is 0 Å². The third-order valence-corrected chi connectivity index (χ3v) is 5.16. The van der Waals surface area contributed by atoms with Crippen LogP contribution in [0.4, 0.5) is 0 Å². The normalized spacial score (nSPS) is 34.0. The van der Waals surface area contributed by atoms with Crippen molar-refractivity contribution in [2.75, 3.05) is 0 Å². The van der Waals surface area contributed by atoms with Gasteiger partial charge in [0.15, 0.2) is 0 Å². The van der Waals surface area contributed by atoms with Crippen LogP contribution in [0.3, 0.4) is 0 Å². The summed E-state index contributed by atoms with van der Waals surface area (Å²) in [6, 6.07) is 5.10. The fourth-order valence-corrected chi connectivity index (χ4v) is 3.57.